The van der Waals surface area contributed by atoms with Gasteiger partial charge in [-0.05, 0) is 50.5 Å². The molecule has 0 aliphatic heterocycles. The lowest BCUT2D eigenvalue weighted by atomic mass is 10.0. The third-order valence-electron chi connectivity index (χ3n) is 3.74. The molecule has 112 valence electrons. The first-order valence-corrected chi connectivity index (χ1v) is 7.67. The fourth-order valence-electron chi connectivity index (χ4n) is 2.25. The highest BCUT2D eigenvalue weighted by atomic mass is 16.2. The molecule has 0 aromatic heterocycles. The van der Waals surface area contributed by atoms with E-state index >= 15 is 0 Å². The second kappa shape index (κ2) is 7.93. The number of rotatable bonds is 7. The molecule has 0 heterocycles. The van der Waals surface area contributed by atoms with Crippen molar-refractivity contribution >= 4 is 11.6 Å². The Kier molecular flexibility index (Phi) is 6.56. The second-order valence-corrected chi connectivity index (χ2v) is 5.42. The van der Waals surface area contributed by atoms with Gasteiger partial charge in [-0.25, -0.2) is 0 Å². The molecule has 1 unspecified atom stereocenters. The van der Waals surface area contributed by atoms with Gasteiger partial charge in [-0.15, -0.1) is 0 Å². The zero-order valence-corrected chi connectivity index (χ0v) is 13.5. The first-order valence-electron chi connectivity index (χ1n) is 7.67. The number of amides is 1. The van der Waals surface area contributed by atoms with Gasteiger partial charge >= 0.3 is 0 Å². The Bertz CT molecular complexity index is 443. The van der Waals surface area contributed by atoms with Gasteiger partial charge in [0.2, 0.25) is 0 Å². The smallest absolute Gasteiger partial charge is 0.254 e. The Morgan fingerprint density at radius 3 is 2.50 bits per heavy atom. The zero-order chi connectivity index (χ0) is 15.1. The Morgan fingerprint density at radius 2 is 2.00 bits per heavy atom. The first kappa shape index (κ1) is 16.5. The molecular formula is C17H28N2O. The highest BCUT2D eigenvalue weighted by Crippen LogP contribution is 2.18. The molecule has 0 saturated heterocycles. The minimum atomic E-state index is 0.147. The van der Waals surface area contributed by atoms with Crippen molar-refractivity contribution in [3.8, 4) is 0 Å². The summed E-state index contributed by atoms with van der Waals surface area (Å²) in [4.78, 5) is 14.6. The van der Waals surface area contributed by atoms with Crippen molar-refractivity contribution in [3.63, 3.8) is 0 Å². The van der Waals surface area contributed by atoms with Crippen LogP contribution < -0.4 is 5.32 Å². The molecule has 1 aromatic carbocycles. The van der Waals surface area contributed by atoms with E-state index in [2.05, 4.69) is 26.1 Å². The first-order chi connectivity index (χ1) is 9.53. The number of nitrogens with zero attached hydrogens (tertiary/aromatic N) is 1. The summed E-state index contributed by atoms with van der Waals surface area (Å²) in [6.45, 7) is 13.0. The fraction of sp³-hybridized carbons (Fsp3) is 0.588. The van der Waals surface area contributed by atoms with Crippen LogP contribution in [0.4, 0.5) is 5.69 Å². The lowest BCUT2D eigenvalue weighted by molar-refractivity contribution is 0.0740. The molecule has 1 rings (SSSR count). The molecule has 0 spiro atoms. The predicted octanol–water partition coefficient (Wildman–Crippen LogP) is 3.94. The summed E-state index contributed by atoms with van der Waals surface area (Å²) >= 11 is 0. The van der Waals surface area contributed by atoms with Gasteiger partial charge in [0.15, 0.2) is 0 Å². The van der Waals surface area contributed by atoms with E-state index in [4.69, 9.17) is 0 Å². The van der Waals surface area contributed by atoms with E-state index in [1.54, 1.807) is 0 Å². The molecule has 20 heavy (non-hydrogen) atoms. The molecule has 1 atom stereocenters. The van der Waals surface area contributed by atoms with Crippen LogP contribution in [0.2, 0.25) is 0 Å². The average molecular weight is 276 g/mol. The molecular weight excluding hydrogens is 248 g/mol. The van der Waals surface area contributed by atoms with Crippen LogP contribution in [-0.4, -0.2) is 30.4 Å². The van der Waals surface area contributed by atoms with Crippen LogP contribution >= 0.6 is 0 Å². The van der Waals surface area contributed by atoms with Gasteiger partial charge in [-0.3, -0.25) is 4.79 Å². The maximum Gasteiger partial charge on any atom is 0.254 e. The number of aryl methyl sites for hydroxylation is 1. The number of benzene rings is 1. The predicted molar refractivity (Wildman–Crippen MR) is 86.4 cm³/mol. The minimum Gasteiger partial charge on any atom is -0.385 e. The number of hydrogen-bond acceptors (Lipinski definition) is 2. The van der Waals surface area contributed by atoms with Crippen molar-refractivity contribution in [2.75, 3.05) is 25.0 Å². The molecule has 0 radical (unpaired) electrons. The largest absolute Gasteiger partial charge is 0.385 e. The van der Waals surface area contributed by atoms with Crippen LogP contribution in [0.5, 0.6) is 0 Å². The van der Waals surface area contributed by atoms with E-state index in [1.807, 2.05) is 36.9 Å². The highest BCUT2D eigenvalue weighted by molar-refractivity contribution is 5.96. The number of carbonyl (C=O) groups excluding carboxylic acids is 1. The van der Waals surface area contributed by atoms with Crippen molar-refractivity contribution < 1.29 is 4.79 Å². The molecule has 1 aromatic rings. The Hall–Kier alpha value is -1.51. The van der Waals surface area contributed by atoms with E-state index in [1.165, 1.54) is 0 Å². The molecule has 0 aliphatic carbocycles. The lowest BCUT2D eigenvalue weighted by Gasteiger charge is -2.25. The molecule has 0 fully saturated rings. The molecule has 3 nitrogen and oxygen atoms in total. The highest BCUT2D eigenvalue weighted by Gasteiger charge is 2.17. The van der Waals surface area contributed by atoms with E-state index in [-0.39, 0.29) is 5.91 Å². The normalized spacial score (nSPS) is 12.1. The van der Waals surface area contributed by atoms with Gasteiger partial charge in [0, 0.05) is 30.9 Å². The van der Waals surface area contributed by atoms with E-state index in [0.717, 1.165) is 42.9 Å². The van der Waals surface area contributed by atoms with Gasteiger partial charge in [0.1, 0.15) is 0 Å². The van der Waals surface area contributed by atoms with Crippen molar-refractivity contribution in [3.05, 3.63) is 29.3 Å². The van der Waals surface area contributed by atoms with Crippen LogP contribution in [0.1, 0.15) is 50.0 Å². The monoisotopic (exact) mass is 276 g/mol. The molecule has 0 bridgehead atoms. The standard InChI is InChI=1S/C17H28N2O/c1-6-13(4)12-19(8-3)17(20)16-10-9-15(18-7-2)11-14(16)5/h9-11,13,18H,6-8,12H2,1-5H3. The summed E-state index contributed by atoms with van der Waals surface area (Å²) in [5.74, 6) is 0.689. The van der Waals surface area contributed by atoms with Gasteiger partial charge in [0.25, 0.3) is 5.91 Å². The van der Waals surface area contributed by atoms with E-state index in [9.17, 15) is 4.79 Å². The molecule has 0 saturated carbocycles. The van der Waals surface area contributed by atoms with Gasteiger partial charge in [0.05, 0.1) is 0 Å². The van der Waals surface area contributed by atoms with Crippen LogP contribution in [-0.2, 0) is 0 Å². The van der Waals surface area contributed by atoms with Crippen molar-refractivity contribution in [1.82, 2.24) is 4.90 Å². The summed E-state index contributed by atoms with van der Waals surface area (Å²) in [6, 6.07) is 5.98. The Morgan fingerprint density at radius 1 is 1.30 bits per heavy atom. The van der Waals surface area contributed by atoms with Crippen molar-refractivity contribution in [2.24, 2.45) is 5.92 Å². The zero-order valence-electron chi connectivity index (χ0n) is 13.5. The van der Waals surface area contributed by atoms with Crippen molar-refractivity contribution in [1.29, 1.82) is 0 Å². The molecule has 1 N–H and O–H groups in total. The molecule has 1 amide bonds. The molecule has 0 aliphatic rings. The number of carbonyl (C=O) groups is 1. The second-order valence-electron chi connectivity index (χ2n) is 5.42. The van der Waals surface area contributed by atoms with Crippen LogP contribution in [0.15, 0.2) is 18.2 Å². The summed E-state index contributed by atoms with van der Waals surface area (Å²) in [6.07, 6.45) is 1.10. The maximum atomic E-state index is 12.6. The summed E-state index contributed by atoms with van der Waals surface area (Å²) in [7, 11) is 0. The third kappa shape index (κ3) is 4.26. The maximum absolute atomic E-state index is 12.6. The van der Waals surface area contributed by atoms with Crippen LogP contribution in [0, 0.1) is 12.8 Å². The molecule has 3 heteroatoms. The van der Waals surface area contributed by atoms with Crippen LogP contribution in [0.3, 0.4) is 0 Å². The van der Waals surface area contributed by atoms with Gasteiger partial charge in [-0.1, -0.05) is 20.3 Å². The number of anilines is 1. The quantitative estimate of drug-likeness (QED) is 0.818. The topological polar surface area (TPSA) is 32.3 Å². The summed E-state index contributed by atoms with van der Waals surface area (Å²) in [5.41, 5.74) is 2.93. The SMILES string of the molecule is CCNc1ccc(C(=O)N(CC)CC(C)CC)c(C)c1. The summed E-state index contributed by atoms with van der Waals surface area (Å²) < 4.78 is 0. The fourth-order valence-corrected chi connectivity index (χ4v) is 2.25. The van der Waals surface area contributed by atoms with E-state index in [0.29, 0.717) is 5.92 Å². The number of hydrogen-bond donors (Lipinski definition) is 1. The van der Waals surface area contributed by atoms with Crippen LogP contribution in [0.25, 0.3) is 0 Å². The Balaban J connectivity index is 2.89. The lowest BCUT2D eigenvalue weighted by Crippen LogP contribution is -2.34. The van der Waals surface area contributed by atoms with E-state index < -0.39 is 0 Å². The number of nitrogens with one attached hydrogen (secondary N) is 1. The Labute approximate surface area is 123 Å². The van der Waals surface area contributed by atoms with Gasteiger partial charge in [-0.2, -0.15) is 0 Å². The van der Waals surface area contributed by atoms with Crippen molar-refractivity contribution in [2.45, 2.75) is 41.0 Å². The van der Waals surface area contributed by atoms with Gasteiger partial charge < -0.3 is 10.2 Å². The third-order valence-corrected chi connectivity index (χ3v) is 3.74. The average Bonchev–Trinajstić information content (AvgIpc) is 2.44. The minimum absolute atomic E-state index is 0.147. The summed E-state index contributed by atoms with van der Waals surface area (Å²) in [5, 5.41) is 3.27.